The van der Waals surface area contributed by atoms with Gasteiger partial charge in [-0.2, -0.15) is 0 Å². The predicted octanol–water partition coefficient (Wildman–Crippen LogP) is 1.98. The van der Waals surface area contributed by atoms with Crippen molar-refractivity contribution in [2.75, 3.05) is 11.9 Å². The number of pyridine rings is 1. The molecule has 3 nitrogen and oxygen atoms in total. The minimum Gasteiger partial charge on any atom is -0.300 e. The molecule has 1 aromatic rings. The molecule has 84 valence electrons. The number of nitrogens with zero attached hydrogens (tertiary/aromatic N) is 2. The van der Waals surface area contributed by atoms with Gasteiger partial charge in [0.1, 0.15) is 11.6 Å². The Morgan fingerprint density at radius 3 is 2.81 bits per heavy atom. The second kappa shape index (κ2) is 3.03. The Bertz CT molecular complexity index is 439. The van der Waals surface area contributed by atoms with Crippen LogP contribution in [0.1, 0.15) is 19.3 Å². The van der Waals surface area contributed by atoms with Crippen LogP contribution < -0.4 is 4.90 Å². The van der Waals surface area contributed by atoms with Crippen LogP contribution in [-0.2, 0) is 4.79 Å². The lowest BCUT2D eigenvalue weighted by Gasteiger charge is -2.15. The van der Waals surface area contributed by atoms with Gasteiger partial charge in [-0.15, -0.1) is 0 Å². The standard InChI is InChI=1S/C12H13FN2O/c1-15(10-3-2-8(13)7-14-10)11(16)9-6-12(9)4-5-12/h2-3,7,9H,4-6H2,1H3. The van der Waals surface area contributed by atoms with Crippen LogP contribution in [0.4, 0.5) is 10.2 Å². The molecule has 0 aromatic carbocycles. The van der Waals surface area contributed by atoms with Crippen LogP contribution in [0.3, 0.4) is 0 Å². The molecule has 0 bridgehead atoms. The number of carbonyl (C=O) groups is 1. The Morgan fingerprint density at radius 1 is 1.56 bits per heavy atom. The average molecular weight is 220 g/mol. The molecule has 1 unspecified atom stereocenters. The summed E-state index contributed by atoms with van der Waals surface area (Å²) in [7, 11) is 1.71. The number of amides is 1. The smallest absolute Gasteiger partial charge is 0.231 e. The van der Waals surface area contributed by atoms with Crippen LogP contribution in [0.15, 0.2) is 18.3 Å². The van der Waals surface area contributed by atoms with Crippen molar-refractivity contribution in [2.45, 2.75) is 19.3 Å². The molecule has 0 saturated heterocycles. The van der Waals surface area contributed by atoms with Crippen molar-refractivity contribution in [3.63, 3.8) is 0 Å². The molecule has 1 spiro atoms. The van der Waals surface area contributed by atoms with Gasteiger partial charge in [-0.3, -0.25) is 9.69 Å². The number of halogens is 1. The van der Waals surface area contributed by atoms with Crippen LogP contribution in [0.25, 0.3) is 0 Å². The zero-order chi connectivity index (χ0) is 11.3. The normalized spacial score (nSPS) is 24.2. The van der Waals surface area contributed by atoms with E-state index in [0.717, 1.165) is 12.6 Å². The Morgan fingerprint density at radius 2 is 2.31 bits per heavy atom. The number of hydrogen-bond donors (Lipinski definition) is 0. The number of carbonyl (C=O) groups excluding carboxylic acids is 1. The zero-order valence-corrected chi connectivity index (χ0v) is 9.11. The van der Waals surface area contributed by atoms with Crippen molar-refractivity contribution in [1.29, 1.82) is 0 Å². The molecule has 1 heterocycles. The fourth-order valence-corrected chi connectivity index (χ4v) is 2.32. The maximum atomic E-state index is 12.7. The summed E-state index contributed by atoms with van der Waals surface area (Å²) < 4.78 is 12.7. The minimum absolute atomic E-state index is 0.122. The lowest BCUT2D eigenvalue weighted by atomic mass is 10.2. The van der Waals surface area contributed by atoms with Gasteiger partial charge in [-0.25, -0.2) is 9.37 Å². The molecule has 0 N–H and O–H groups in total. The first-order valence-corrected chi connectivity index (χ1v) is 5.51. The summed E-state index contributed by atoms with van der Waals surface area (Å²) in [5, 5.41) is 0. The molecule has 1 aromatic heterocycles. The van der Waals surface area contributed by atoms with Crippen LogP contribution in [0, 0.1) is 17.2 Å². The summed E-state index contributed by atoms with van der Waals surface area (Å²) in [6, 6.07) is 2.86. The quantitative estimate of drug-likeness (QED) is 0.763. The van der Waals surface area contributed by atoms with Crippen molar-refractivity contribution in [2.24, 2.45) is 11.3 Å². The lowest BCUT2D eigenvalue weighted by molar-refractivity contribution is -0.119. The number of hydrogen-bond acceptors (Lipinski definition) is 2. The highest BCUT2D eigenvalue weighted by Crippen LogP contribution is 2.70. The Kier molecular flexibility index (Phi) is 1.85. The third-order valence-corrected chi connectivity index (χ3v) is 3.77. The largest absolute Gasteiger partial charge is 0.300 e. The van der Waals surface area contributed by atoms with Gasteiger partial charge in [0, 0.05) is 13.0 Å². The summed E-state index contributed by atoms with van der Waals surface area (Å²) in [5.41, 5.74) is 0.353. The van der Waals surface area contributed by atoms with Crippen molar-refractivity contribution >= 4 is 11.7 Å². The van der Waals surface area contributed by atoms with Gasteiger partial charge in [-0.05, 0) is 36.8 Å². The summed E-state index contributed by atoms with van der Waals surface area (Å²) in [5.74, 6) is 0.449. The van der Waals surface area contributed by atoms with E-state index < -0.39 is 0 Å². The van der Waals surface area contributed by atoms with E-state index in [2.05, 4.69) is 4.98 Å². The minimum atomic E-state index is -0.380. The van der Waals surface area contributed by atoms with Gasteiger partial charge < -0.3 is 0 Å². The third-order valence-electron chi connectivity index (χ3n) is 3.77. The van der Waals surface area contributed by atoms with Gasteiger partial charge in [0.25, 0.3) is 0 Å². The molecule has 16 heavy (non-hydrogen) atoms. The van der Waals surface area contributed by atoms with E-state index in [4.69, 9.17) is 0 Å². The highest BCUT2D eigenvalue weighted by Gasteiger charge is 2.66. The topological polar surface area (TPSA) is 33.2 Å². The predicted molar refractivity (Wildman–Crippen MR) is 57.4 cm³/mol. The fourth-order valence-electron chi connectivity index (χ4n) is 2.32. The van der Waals surface area contributed by atoms with Crippen molar-refractivity contribution in [3.05, 3.63) is 24.1 Å². The van der Waals surface area contributed by atoms with Gasteiger partial charge in [0.15, 0.2) is 0 Å². The van der Waals surface area contributed by atoms with Gasteiger partial charge >= 0.3 is 0 Å². The highest BCUT2D eigenvalue weighted by molar-refractivity contribution is 5.96. The molecule has 1 amide bonds. The molecular weight excluding hydrogens is 207 g/mol. The Hall–Kier alpha value is -1.45. The van der Waals surface area contributed by atoms with E-state index in [1.807, 2.05) is 0 Å². The molecule has 3 rings (SSSR count). The fraction of sp³-hybridized carbons (Fsp3) is 0.500. The van der Waals surface area contributed by atoms with Crippen LogP contribution in [0.2, 0.25) is 0 Å². The van der Waals surface area contributed by atoms with E-state index in [-0.39, 0.29) is 17.6 Å². The van der Waals surface area contributed by atoms with Crippen molar-refractivity contribution in [1.82, 2.24) is 4.98 Å². The molecule has 2 aliphatic carbocycles. The molecule has 0 aliphatic heterocycles. The number of rotatable bonds is 2. The van der Waals surface area contributed by atoms with Crippen LogP contribution in [-0.4, -0.2) is 17.9 Å². The molecule has 2 fully saturated rings. The maximum Gasteiger partial charge on any atom is 0.231 e. The molecule has 2 saturated carbocycles. The molecule has 1 atom stereocenters. The van der Waals surface area contributed by atoms with Crippen molar-refractivity contribution in [3.8, 4) is 0 Å². The van der Waals surface area contributed by atoms with E-state index >= 15 is 0 Å². The first kappa shape index (κ1) is 9.75. The SMILES string of the molecule is CN(C(=O)C1CC12CC2)c1ccc(F)cn1. The monoisotopic (exact) mass is 220 g/mol. The number of aromatic nitrogens is 1. The highest BCUT2D eigenvalue weighted by atomic mass is 19.1. The van der Waals surface area contributed by atoms with Crippen LogP contribution >= 0.6 is 0 Å². The van der Waals surface area contributed by atoms with Gasteiger partial charge in [0.05, 0.1) is 6.20 Å². The zero-order valence-electron chi connectivity index (χ0n) is 9.11. The first-order valence-electron chi connectivity index (χ1n) is 5.51. The van der Waals surface area contributed by atoms with E-state index in [1.165, 1.54) is 29.9 Å². The summed E-state index contributed by atoms with van der Waals surface area (Å²) in [4.78, 5) is 17.5. The van der Waals surface area contributed by atoms with Crippen LogP contribution in [0.5, 0.6) is 0 Å². The molecule has 0 radical (unpaired) electrons. The molecule has 4 heteroatoms. The summed E-state index contributed by atoms with van der Waals surface area (Å²) in [6.07, 6.45) is 4.54. The number of anilines is 1. The Balaban J connectivity index is 1.74. The van der Waals surface area contributed by atoms with E-state index in [9.17, 15) is 9.18 Å². The first-order chi connectivity index (χ1) is 7.62. The average Bonchev–Trinajstić information content (AvgIpc) is 3.19. The molecular formula is C12H13FN2O. The Labute approximate surface area is 93.3 Å². The summed E-state index contributed by atoms with van der Waals surface area (Å²) in [6.45, 7) is 0. The van der Waals surface area contributed by atoms with Gasteiger partial charge in [0.2, 0.25) is 5.91 Å². The van der Waals surface area contributed by atoms with E-state index in [0.29, 0.717) is 11.2 Å². The summed E-state index contributed by atoms with van der Waals surface area (Å²) >= 11 is 0. The van der Waals surface area contributed by atoms with Crippen molar-refractivity contribution < 1.29 is 9.18 Å². The third kappa shape index (κ3) is 1.40. The molecule has 2 aliphatic rings. The maximum absolute atomic E-state index is 12.7. The van der Waals surface area contributed by atoms with E-state index in [1.54, 1.807) is 7.05 Å². The van der Waals surface area contributed by atoms with Gasteiger partial charge in [-0.1, -0.05) is 0 Å². The second-order valence-corrected chi connectivity index (χ2v) is 4.85. The lowest BCUT2D eigenvalue weighted by Crippen LogP contribution is -2.29. The second-order valence-electron chi connectivity index (χ2n) is 4.85.